The van der Waals surface area contributed by atoms with Gasteiger partial charge in [-0.05, 0) is 6.07 Å². The second-order valence-electron chi connectivity index (χ2n) is 3.85. The summed E-state index contributed by atoms with van der Waals surface area (Å²) >= 11 is 5.87. The molecule has 0 saturated carbocycles. The van der Waals surface area contributed by atoms with Crippen molar-refractivity contribution in [1.82, 2.24) is 4.98 Å². The fourth-order valence-electron chi connectivity index (χ4n) is 1.35. The minimum Gasteiger partial charge on any atom is -0.478 e. The van der Waals surface area contributed by atoms with Gasteiger partial charge in [0, 0.05) is 13.3 Å². The number of rotatable bonds is 11. The lowest BCUT2D eigenvalue weighted by molar-refractivity contribution is 0.0176. The van der Waals surface area contributed by atoms with Crippen LogP contribution in [0.25, 0.3) is 0 Å². The summed E-state index contributed by atoms with van der Waals surface area (Å²) in [7, 11) is 1.61. The third kappa shape index (κ3) is 6.72. The van der Waals surface area contributed by atoms with Gasteiger partial charge < -0.3 is 24.1 Å². The lowest BCUT2D eigenvalue weighted by Crippen LogP contribution is -2.13. The van der Waals surface area contributed by atoms with Crippen molar-refractivity contribution in [3.63, 3.8) is 0 Å². The van der Waals surface area contributed by atoms with Crippen LogP contribution in [0.15, 0.2) is 12.3 Å². The number of halogens is 1. The summed E-state index contributed by atoms with van der Waals surface area (Å²) in [5.41, 5.74) is -0.0471. The Morgan fingerprint density at radius 3 is 2.43 bits per heavy atom. The predicted octanol–water partition coefficient (Wildman–Crippen LogP) is 1.49. The fourth-order valence-corrected chi connectivity index (χ4v) is 1.60. The molecule has 0 aliphatic carbocycles. The SMILES string of the molecule is COCCOCCOCCOc1nccc(C(=O)O)c1Cl. The topological polar surface area (TPSA) is 87.1 Å². The molecule has 1 N–H and O–H groups in total. The minimum atomic E-state index is -1.13. The normalized spacial score (nSPS) is 10.6. The van der Waals surface area contributed by atoms with Crippen LogP contribution in [0.5, 0.6) is 5.88 Å². The Balaban J connectivity index is 2.19. The lowest BCUT2D eigenvalue weighted by atomic mass is 10.3. The van der Waals surface area contributed by atoms with Crippen LogP contribution in [0, 0.1) is 0 Å². The third-order valence-corrected chi connectivity index (χ3v) is 2.72. The number of carboxylic acids is 1. The first kappa shape index (κ1) is 17.6. The van der Waals surface area contributed by atoms with Gasteiger partial charge in [0.1, 0.15) is 11.6 Å². The number of carboxylic acid groups (broad SMARTS) is 1. The largest absolute Gasteiger partial charge is 0.478 e. The summed E-state index contributed by atoms with van der Waals surface area (Å²) in [5.74, 6) is -1.05. The molecule has 0 spiro atoms. The molecule has 0 fully saturated rings. The summed E-state index contributed by atoms with van der Waals surface area (Å²) in [6.07, 6.45) is 1.33. The predicted molar refractivity (Wildman–Crippen MR) is 75.2 cm³/mol. The highest BCUT2D eigenvalue weighted by Gasteiger charge is 2.14. The van der Waals surface area contributed by atoms with Crippen molar-refractivity contribution >= 4 is 17.6 Å². The lowest BCUT2D eigenvalue weighted by Gasteiger charge is -2.09. The average Bonchev–Trinajstić information content (AvgIpc) is 2.46. The zero-order valence-electron chi connectivity index (χ0n) is 11.7. The van der Waals surface area contributed by atoms with Gasteiger partial charge >= 0.3 is 5.97 Å². The van der Waals surface area contributed by atoms with Gasteiger partial charge in [0.2, 0.25) is 5.88 Å². The maximum absolute atomic E-state index is 10.9. The van der Waals surface area contributed by atoms with E-state index in [0.29, 0.717) is 33.0 Å². The molecule has 1 aromatic heterocycles. The van der Waals surface area contributed by atoms with E-state index in [0.717, 1.165) is 0 Å². The van der Waals surface area contributed by atoms with Gasteiger partial charge in [-0.2, -0.15) is 0 Å². The molecule has 1 rings (SSSR count). The van der Waals surface area contributed by atoms with Crippen molar-refractivity contribution in [2.45, 2.75) is 0 Å². The van der Waals surface area contributed by atoms with E-state index in [9.17, 15) is 4.79 Å². The van der Waals surface area contributed by atoms with Crippen LogP contribution in [-0.2, 0) is 14.2 Å². The van der Waals surface area contributed by atoms with Crippen LogP contribution in [0.2, 0.25) is 5.02 Å². The Morgan fingerprint density at radius 1 is 1.19 bits per heavy atom. The van der Waals surface area contributed by atoms with Crippen LogP contribution < -0.4 is 4.74 Å². The van der Waals surface area contributed by atoms with Gasteiger partial charge in [0.15, 0.2) is 0 Å². The quantitative estimate of drug-likeness (QED) is 0.618. The molecule has 8 heteroatoms. The first-order chi connectivity index (χ1) is 10.2. The first-order valence-corrected chi connectivity index (χ1v) is 6.69. The van der Waals surface area contributed by atoms with E-state index in [1.165, 1.54) is 12.3 Å². The molecule has 118 valence electrons. The molecular weight excluding hydrogens is 302 g/mol. The van der Waals surface area contributed by atoms with E-state index in [-0.39, 0.29) is 23.1 Å². The summed E-state index contributed by atoms with van der Waals surface area (Å²) in [4.78, 5) is 14.8. The molecular formula is C13H18ClNO6. The maximum Gasteiger partial charge on any atom is 0.337 e. The van der Waals surface area contributed by atoms with Crippen molar-refractivity contribution in [2.75, 3.05) is 46.8 Å². The molecule has 0 bridgehead atoms. The number of carbonyl (C=O) groups is 1. The van der Waals surface area contributed by atoms with Crippen LogP contribution in [0.1, 0.15) is 10.4 Å². The van der Waals surface area contributed by atoms with E-state index in [1.807, 2.05) is 0 Å². The van der Waals surface area contributed by atoms with Crippen molar-refractivity contribution in [1.29, 1.82) is 0 Å². The average molecular weight is 320 g/mol. The first-order valence-electron chi connectivity index (χ1n) is 6.31. The number of pyridine rings is 1. The van der Waals surface area contributed by atoms with Crippen molar-refractivity contribution in [3.05, 3.63) is 22.8 Å². The zero-order valence-corrected chi connectivity index (χ0v) is 12.5. The number of hydrogen-bond acceptors (Lipinski definition) is 6. The van der Waals surface area contributed by atoms with Crippen LogP contribution in [0.4, 0.5) is 0 Å². The number of ether oxygens (including phenoxy) is 4. The number of nitrogens with zero attached hydrogens (tertiary/aromatic N) is 1. The number of hydrogen-bond donors (Lipinski definition) is 1. The van der Waals surface area contributed by atoms with Gasteiger partial charge in [-0.1, -0.05) is 11.6 Å². The van der Waals surface area contributed by atoms with E-state index < -0.39 is 5.97 Å². The number of aromatic carboxylic acids is 1. The summed E-state index contributed by atoms with van der Waals surface area (Å²) in [5, 5.41) is 8.88. The Labute approximate surface area is 127 Å². The zero-order chi connectivity index (χ0) is 15.5. The Morgan fingerprint density at radius 2 is 1.81 bits per heavy atom. The Bertz CT molecular complexity index is 443. The molecule has 0 aromatic carbocycles. The Kier molecular flexibility index (Phi) is 8.68. The Hall–Kier alpha value is -1.41. The standard InChI is InChI=1S/C13H18ClNO6/c1-18-4-5-19-6-7-20-8-9-21-12-11(14)10(13(16)17)2-3-15-12/h2-3H,4-9H2,1H3,(H,16,17). The second-order valence-corrected chi connectivity index (χ2v) is 4.23. The maximum atomic E-state index is 10.9. The molecule has 21 heavy (non-hydrogen) atoms. The van der Waals surface area contributed by atoms with E-state index >= 15 is 0 Å². The van der Waals surface area contributed by atoms with E-state index in [1.54, 1.807) is 7.11 Å². The number of methoxy groups -OCH3 is 1. The van der Waals surface area contributed by atoms with E-state index in [4.69, 9.17) is 35.7 Å². The monoisotopic (exact) mass is 319 g/mol. The molecule has 0 unspecified atom stereocenters. The second kappa shape index (κ2) is 10.3. The van der Waals surface area contributed by atoms with Crippen LogP contribution >= 0.6 is 11.6 Å². The number of aromatic nitrogens is 1. The fraction of sp³-hybridized carbons (Fsp3) is 0.538. The van der Waals surface area contributed by atoms with E-state index in [2.05, 4.69) is 4.98 Å². The van der Waals surface area contributed by atoms with Gasteiger partial charge in [-0.15, -0.1) is 0 Å². The summed E-state index contributed by atoms with van der Waals surface area (Å²) in [6.45, 7) is 2.52. The highest BCUT2D eigenvalue weighted by Crippen LogP contribution is 2.25. The van der Waals surface area contributed by atoms with Crippen LogP contribution in [-0.4, -0.2) is 62.8 Å². The summed E-state index contributed by atoms with van der Waals surface area (Å²) < 4.78 is 20.6. The van der Waals surface area contributed by atoms with Crippen molar-refractivity contribution < 1.29 is 28.8 Å². The molecule has 1 heterocycles. The van der Waals surface area contributed by atoms with Gasteiger partial charge in [-0.3, -0.25) is 0 Å². The molecule has 0 amide bonds. The smallest absolute Gasteiger partial charge is 0.337 e. The molecule has 7 nitrogen and oxygen atoms in total. The molecule has 0 aliphatic rings. The van der Waals surface area contributed by atoms with Gasteiger partial charge in [0.05, 0.1) is 38.6 Å². The minimum absolute atomic E-state index is 0.0205. The summed E-state index contributed by atoms with van der Waals surface area (Å²) in [6, 6.07) is 1.31. The van der Waals surface area contributed by atoms with Crippen molar-refractivity contribution in [3.8, 4) is 5.88 Å². The van der Waals surface area contributed by atoms with Gasteiger partial charge in [-0.25, -0.2) is 9.78 Å². The molecule has 0 saturated heterocycles. The highest BCUT2D eigenvalue weighted by molar-refractivity contribution is 6.34. The molecule has 1 aromatic rings. The molecule has 0 radical (unpaired) electrons. The third-order valence-electron chi connectivity index (χ3n) is 2.36. The van der Waals surface area contributed by atoms with Crippen molar-refractivity contribution in [2.24, 2.45) is 0 Å². The van der Waals surface area contributed by atoms with Crippen LogP contribution in [0.3, 0.4) is 0 Å². The highest BCUT2D eigenvalue weighted by atomic mass is 35.5. The molecule has 0 atom stereocenters. The molecule has 0 aliphatic heterocycles. The van der Waals surface area contributed by atoms with Gasteiger partial charge in [0.25, 0.3) is 0 Å².